The summed E-state index contributed by atoms with van der Waals surface area (Å²) in [6.07, 6.45) is 3.93. The summed E-state index contributed by atoms with van der Waals surface area (Å²) in [5, 5.41) is 13.8. The van der Waals surface area contributed by atoms with Crippen LogP contribution in [0.15, 0.2) is 71.4 Å². The molecule has 1 aliphatic heterocycles. The Morgan fingerprint density at radius 2 is 2.00 bits per heavy atom. The van der Waals surface area contributed by atoms with Gasteiger partial charge in [0.05, 0.1) is 17.4 Å². The van der Waals surface area contributed by atoms with Crippen molar-refractivity contribution in [3.63, 3.8) is 0 Å². The number of ether oxygens (including phenoxy) is 2. The zero-order valence-electron chi connectivity index (χ0n) is 19.0. The summed E-state index contributed by atoms with van der Waals surface area (Å²) in [7, 11) is 0. The van der Waals surface area contributed by atoms with Crippen molar-refractivity contribution in [2.45, 2.75) is 25.8 Å². The molecule has 182 valence electrons. The maximum atomic E-state index is 12.4. The van der Waals surface area contributed by atoms with Crippen LogP contribution in [0.4, 0.5) is 0 Å². The van der Waals surface area contributed by atoms with Crippen LogP contribution in [0.2, 0.25) is 10.0 Å². The van der Waals surface area contributed by atoms with Gasteiger partial charge in [-0.3, -0.25) is 9.59 Å². The van der Waals surface area contributed by atoms with Gasteiger partial charge in [0.15, 0.2) is 0 Å². The Morgan fingerprint density at radius 1 is 1.23 bits per heavy atom. The second-order valence-electron chi connectivity index (χ2n) is 7.98. The monoisotopic (exact) mass is 514 g/mol. The molecule has 2 heterocycles. The lowest BCUT2D eigenvalue weighted by molar-refractivity contribution is 0.0952. The Bertz CT molecular complexity index is 1320. The first-order valence-corrected chi connectivity index (χ1v) is 11.8. The normalized spacial score (nSPS) is 15.2. The number of nitrogens with one attached hydrogen (secondary N) is 1. The molecule has 2 N–H and O–H groups in total. The highest BCUT2D eigenvalue weighted by Crippen LogP contribution is 2.43. The van der Waals surface area contributed by atoms with Crippen LogP contribution < -0.4 is 20.3 Å². The van der Waals surface area contributed by atoms with Crippen molar-refractivity contribution in [3.05, 3.63) is 98.1 Å². The third-order valence-electron chi connectivity index (χ3n) is 5.70. The minimum absolute atomic E-state index is 0.161. The maximum absolute atomic E-state index is 12.4. The summed E-state index contributed by atoms with van der Waals surface area (Å²) in [5.41, 5.74) is 1.04. The summed E-state index contributed by atoms with van der Waals surface area (Å²) in [4.78, 5) is 24.3. The molecule has 7 nitrogen and oxygen atoms in total. The molecular weight excluding hydrogens is 491 g/mol. The zero-order valence-corrected chi connectivity index (χ0v) is 20.5. The molecule has 0 fully saturated rings. The van der Waals surface area contributed by atoms with Crippen LogP contribution in [0.25, 0.3) is 0 Å². The molecule has 1 amide bonds. The van der Waals surface area contributed by atoms with Crippen molar-refractivity contribution >= 4 is 29.1 Å². The Kier molecular flexibility index (Phi) is 7.68. The molecule has 1 aliphatic rings. The predicted molar refractivity (Wildman–Crippen MR) is 135 cm³/mol. The van der Waals surface area contributed by atoms with Crippen molar-refractivity contribution in [2.24, 2.45) is 0 Å². The number of fused-ring (bicyclic) bond motifs is 1. The molecule has 0 bridgehead atoms. The molecule has 1 atom stereocenters. The van der Waals surface area contributed by atoms with E-state index in [0.717, 1.165) is 5.56 Å². The van der Waals surface area contributed by atoms with Crippen molar-refractivity contribution in [1.82, 2.24) is 9.88 Å². The summed E-state index contributed by atoms with van der Waals surface area (Å²) >= 11 is 12.2. The molecule has 0 saturated heterocycles. The van der Waals surface area contributed by atoms with E-state index in [2.05, 4.69) is 5.32 Å². The number of rotatable bonds is 7. The Hall–Kier alpha value is -3.42. The van der Waals surface area contributed by atoms with Crippen molar-refractivity contribution in [3.8, 4) is 17.2 Å². The molecule has 0 spiro atoms. The molecule has 4 rings (SSSR count). The molecule has 1 unspecified atom stereocenters. The van der Waals surface area contributed by atoms with Crippen molar-refractivity contribution < 1.29 is 19.4 Å². The number of carbonyl (C=O) groups excluding carboxylic acids is 1. The third kappa shape index (κ3) is 5.81. The molecule has 0 aliphatic carbocycles. The van der Waals surface area contributed by atoms with Gasteiger partial charge in [0.25, 0.3) is 11.5 Å². The van der Waals surface area contributed by atoms with E-state index in [0.29, 0.717) is 52.4 Å². The molecule has 3 aromatic rings. The molecular formula is C26H24Cl2N2O5. The molecule has 2 aromatic carbocycles. The fourth-order valence-electron chi connectivity index (χ4n) is 3.84. The van der Waals surface area contributed by atoms with Gasteiger partial charge < -0.3 is 24.5 Å². The molecule has 1 aromatic heterocycles. The average molecular weight is 515 g/mol. The van der Waals surface area contributed by atoms with Crippen LogP contribution in [-0.4, -0.2) is 28.7 Å². The number of amides is 1. The lowest BCUT2D eigenvalue weighted by Gasteiger charge is -2.26. The first-order chi connectivity index (χ1) is 16.9. The summed E-state index contributed by atoms with van der Waals surface area (Å²) < 4.78 is 13.2. The van der Waals surface area contributed by atoms with Gasteiger partial charge in [-0.1, -0.05) is 23.2 Å². The van der Waals surface area contributed by atoms with Crippen LogP contribution in [0.1, 0.15) is 35.2 Å². The van der Waals surface area contributed by atoms with Gasteiger partial charge in [-0.25, -0.2) is 0 Å². The number of aliphatic hydroxyl groups excluding tert-OH is 1. The Balaban J connectivity index is 1.39. The predicted octanol–water partition coefficient (Wildman–Crippen LogP) is 5.71. The van der Waals surface area contributed by atoms with Gasteiger partial charge in [-0.2, -0.15) is 0 Å². The number of nitrogens with zero attached hydrogens (tertiary/aromatic N) is 1. The quantitative estimate of drug-likeness (QED) is 0.394. The van der Waals surface area contributed by atoms with Crippen molar-refractivity contribution in [1.29, 1.82) is 0 Å². The highest BCUT2D eigenvalue weighted by molar-refractivity contribution is 6.32. The van der Waals surface area contributed by atoms with E-state index in [1.165, 1.54) is 10.6 Å². The van der Waals surface area contributed by atoms with E-state index in [1.807, 2.05) is 0 Å². The summed E-state index contributed by atoms with van der Waals surface area (Å²) in [6.45, 7) is 2.88. The van der Waals surface area contributed by atoms with Gasteiger partial charge in [0, 0.05) is 53.5 Å². The highest BCUT2D eigenvalue weighted by Gasteiger charge is 2.26. The largest absolute Gasteiger partial charge is 0.512 e. The standard InChI is InChI=1S/C26H24Cl2N2O5/c1-2-22(31)19-8-12-34-23-15-24(21(28)14-20(19)23)35-18-5-3-16(4-6-18)26(33)29-9-11-30-10-7-17(27)13-25(30)32/h2-7,10,13-15,19,31H,8-9,11-12H2,1H3,(H,29,33)/b22-2-. The number of aliphatic hydroxyl groups is 1. The molecule has 0 radical (unpaired) electrons. The molecule has 0 saturated carbocycles. The highest BCUT2D eigenvalue weighted by atomic mass is 35.5. The smallest absolute Gasteiger partial charge is 0.252 e. The number of aromatic nitrogens is 1. The van der Waals surface area contributed by atoms with Gasteiger partial charge in [-0.15, -0.1) is 0 Å². The topological polar surface area (TPSA) is 89.8 Å². The van der Waals surface area contributed by atoms with Gasteiger partial charge >= 0.3 is 0 Å². The van der Waals surface area contributed by atoms with E-state index < -0.39 is 0 Å². The first-order valence-electron chi connectivity index (χ1n) is 11.1. The number of hydrogen-bond donors (Lipinski definition) is 2. The number of halogens is 2. The molecule has 9 heteroatoms. The first kappa shape index (κ1) is 24.7. The zero-order chi connectivity index (χ0) is 24.9. The van der Waals surface area contributed by atoms with E-state index >= 15 is 0 Å². The Labute approximate surface area is 212 Å². The van der Waals surface area contributed by atoms with Crippen LogP contribution in [0.3, 0.4) is 0 Å². The van der Waals surface area contributed by atoms with Crippen molar-refractivity contribution in [2.75, 3.05) is 13.2 Å². The van der Waals surface area contributed by atoms with Crippen LogP contribution in [0.5, 0.6) is 17.2 Å². The van der Waals surface area contributed by atoms with E-state index in [-0.39, 0.29) is 29.7 Å². The second kappa shape index (κ2) is 10.9. The average Bonchev–Trinajstić information content (AvgIpc) is 2.85. The fourth-order valence-corrected chi connectivity index (χ4v) is 4.20. The number of allylic oxidation sites excluding steroid dienone is 2. The van der Waals surface area contributed by atoms with Gasteiger partial charge in [0.2, 0.25) is 0 Å². The summed E-state index contributed by atoms with van der Waals surface area (Å²) in [5.74, 6) is 1.38. The lowest BCUT2D eigenvalue weighted by Crippen LogP contribution is -2.30. The minimum Gasteiger partial charge on any atom is -0.512 e. The number of hydrogen-bond acceptors (Lipinski definition) is 5. The van der Waals surface area contributed by atoms with Gasteiger partial charge in [0.1, 0.15) is 17.2 Å². The number of benzene rings is 2. The number of carbonyl (C=O) groups is 1. The third-order valence-corrected chi connectivity index (χ3v) is 6.23. The lowest BCUT2D eigenvalue weighted by atomic mass is 9.91. The fraction of sp³-hybridized carbons (Fsp3) is 0.231. The van der Waals surface area contributed by atoms with E-state index in [1.54, 1.807) is 61.7 Å². The van der Waals surface area contributed by atoms with Crippen LogP contribution >= 0.6 is 23.2 Å². The van der Waals surface area contributed by atoms with E-state index in [9.17, 15) is 14.7 Å². The summed E-state index contributed by atoms with van der Waals surface area (Å²) in [6, 6.07) is 13.0. The minimum atomic E-state index is -0.270. The van der Waals surface area contributed by atoms with Crippen LogP contribution in [-0.2, 0) is 6.54 Å². The van der Waals surface area contributed by atoms with Crippen LogP contribution in [0, 0.1) is 0 Å². The Morgan fingerprint density at radius 3 is 2.71 bits per heavy atom. The van der Waals surface area contributed by atoms with Gasteiger partial charge in [-0.05, 0) is 55.8 Å². The molecule has 35 heavy (non-hydrogen) atoms. The SMILES string of the molecule is C/C=C(\O)C1CCOc2cc(Oc3ccc(C(=O)NCCn4ccc(Cl)cc4=O)cc3)c(Cl)cc21. The van der Waals surface area contributed by atoms with E-state index in [4.69, 9.17) is 32.7 Å². The second-order valence-corrected chi connectivity index (χ2v) is 8.83. The maximum Gasteiger partial charge on any atom is 0.252 e. The number of pyridine rings is 1.